The summed E-state index contributed by atoms with van der Waals surface area (Å²) in [5, 5.41) is 4.06. The third kappa shape index (κ3) is 2.18. The van der Waals surface area contributed by atoms with Gasteiger partial charge in [0.05, 0.1) is 6.20 Å². The molecule has 0 N–H and O–H groups in total. The van der Waals surface area contributed by atoms with E-state index in [-0.39, 0.29) is 5.78 Å². The van der Waals surface area contributed by atoms with Gasteiger partial charge in [0, 0.05) is 39.1 Å². The summed E-state index contributed by atoms with van der Waals surface area (Å²) < 4.78 is 3.48. The average molecular weight is 218 g/mol. The van der Waals surface area contributed by atoms with E-state index < -0.39 is 0 Å². The van der Waals surface area contributed by atoms with E-state index in [9.17, 15) is 4.79 Å². The number of nitrogens with zero attached hydrogens (tertiary/aromatic N) is 4. The summed E-state index contributed by atoms with van der Waals surface area (Å²) in [7, 11) is 3.69. The lowest BCUT2D eigenvalue weighted by Crippen LogP contribution is -2.08. The lowest BCUT2D eigenvalue weighted by Gasteiger charge is -1.99. The smallest absolute Gasteiger partial charge is 0.198 e. The maximum atomic E-state index is 11.8. The second kappa shape index (κ2) is 4.30. The van der Waals surface area contributed by atoms with E-state index in [1.165, 1.54) is 0 Å². The molecule has 0 radical (unpaired) electrons. The van der Waals surface area contributed by atoms with E-state index in [4.69, 9.17) is 0 Å². The second-order valence-corrected chi connectivity index (χ2v) is 3.81. The zero-order valence-corrected chi connectivity index (χ0v) is 9.42. The van der Waals surface area contributed by atoms with Crippen molar-refractivity contribution in [1.82, 2.24) is 19.3 Å². The van der Waals surface area contributed by atoms with Crippen LogP contribution in [0, 0.1) is 0 Å². The molecule has 0 amide bonds. The van der Waals surface area contributed by atoms with Crippen molar-refractivity contribution in [1.29, 1.82) is 0 Å². The Hall–Kier alpha value is -1.91. The monoisotopic (exact) mass is 218 g/mol. The van der Waals surface area contributed by atoms with Gasteiger partial charge < -0.3 is 4.57 Å². The SMILES string of the molecule is Cn1cc(CCC(=O)c2nccn2C)cn1. The fraction of sp³-hybridized carbons (Fsp3) is 0.364. The first kappa shape index (κ1) is 10.6. The third-order valence-corrected chi connectivity index (χ3v) is 2.47. The Morgan fingerprint density at radius 3 is 2.81 bits per heavy atom. The first-order valence-corrected chi connectivity index (χ1v) is 5.15. The topological polar surface area (TPSA) is 52.7 Å². The van der Waals surface area contributed by atoms with Crippen LogP contribution in [0.2, 0.25) is 0 Å². The van der Waals surface area contributed by atoms with Gasteiger partial charge in [-0.1, -0.05) is 0 Å². The summed E-state index contributed by atoms with van der Waals surface area (Å²) in [6, 6.07) is 0. The van der Waals surface area contributed by atoms with E-state index in [0.29, 0.717) is 18.7 Å². The van der Waals surface area contributed by atoms with Gasteiger partial charge in [-0.15, -0.1) is 0 Å². The Morgan fingerprint density at radius 1 is 1.44 bits per heavy atom. The standard InChI is InChI=1S/C11H14N4O/c1-14-6-5-12-11(14)10(16)4-3-9-7-13-15(2)8-9/h5-8H,3-4H2,1-2H3. The minimum absolute atomic E-state index is 0.0661. The second-order valence-electron chi connectivity index (χ2n) is 3.81. The molecule has 84 valence electrons. The zero-order valence-electron chi connectivity index (χ0n) is 9.42. The van der Waals surface area contributed by atoms with Crippen molar-refractivity contribution in [3.8, 4) is 0 Å². The molecule has 16 heavy (non-hydrogen) atoms. The number of rotatable bonds is 4. The first-order chi connectivity index (χ1) is 7.66. The molecule has 5 heteroatoms. The molecular formula is C11H14N4O. The molecule has 5 nitrogen and oxygen atoms in total. The molecule has 0 bridgehead atoms. The molecule has 0 saturated carbocycles. The summed E-state index contributed by atoms with van der Waals surface area (Å²) in [6.07, 6.45) is 8.29. The summed E-state index contributed by atoms with van der Waals surface area (Å²) in [5.74, 6) is 0.584. The molecule has 0 spiro atoms. The van der Waals surface area contributed by atoms with E-state index >= 15 is 0 Å². The van der Waals surface area contributed by atoms with Crippen LogP contribution < -0.4 is 0 Å². The Balaban J connectivity index is 1.96. The van der Waals surface area contributed by atoms with Gasteiger partial charge >= 0.3 is 0 Å². The Bertz CT molecular complexity index is 498. The fourth-order valence-corrected chi connectivity index (χ4v) is 1.60. The molecule has 0 atom stereocenters. The summed E-state index contributed by atoms with van der Waals surface area (Å²) in [4.78, 5) is 15.8. The van der Waals surface area contributed by atoms with Gasteiger partial charge in [-0.3, -0.25) is 9.48 Å². The van der Waals surface area contributed by atoms with Crippen LogP contribution in [-0.2, 0) is 20.5 Å². The maximum absolute atomic E-state index is 11.8. The van der Waals surface area contributed by atoms with Crippen LogP contribution in [0.4, 0.5) is 0 Å². The van der Waals surface area contributed by atoms with Crippen molar-refractivity contribution >= 4 is 5.78 Å². The van der Waals surface area contributed by atoms with Crippen LogP contribution in [0.5, 0.6) is 0 Å². The summed E-state index contributed by atoms with van der Waals surface area (Å²) >= 11 is 0. The predicted molar refractivity (Wildman–Crippen MR) is 59.1 cm³/mol. The number of aryl methyl sites for hydroxylation is 3. The van der Waals surface area contributed by atoms with Crippen LogP contribution in [0.3, 0.4) is 0 Å². The number of carbonyl (C=O) groups excluding carboxylic acids is 1. The highest BCUT2D eigenvalue weighted by Crippen LogP contribution is 2.05. The van der Waals surface area contributed by atoms with Crippen molar-refractivity contribution in [3.05, 3.63) is 36.2 Å². The Labute approximate surface area is 93.7 Å². The van der Waals surface area contributed by atoms with Crippen LogP contribution in [-0.4, -0.2) is 25.1 Å². The normalized spacial score (nSPS) is 10.6. The highest BCUT2D eigenvalue weighted by molar-refractivity contribution is 5.92. The number of imidazole rings is 1. The summed E-state index contributed by atoms with van der Waals surface area (Å²) in [5.41, 5.74) is 1.07. The van der Waals surface area contributed by atoms with Gasteiger partial charge in [0.2, 0.25) is 0 Å². The van der Waals surface area contributed by atoms with E-state index in [1.54, 1.807) is 27.8 Å². The van der Waals surface area contributed by atoms with Gasteiger partial charge in [0.1, 0.15) is 0 Å². The molecule has 2 aromatic heterocycles. The predicted octanol–water partition coefficient (Wildman–Crippen LogP) is 0.969. The molecule has 2 rings (SSSR count). The largest absolute Gasteiger partial charge is 0.332 e. The average Bonchev–Trinajstić information content (AvgIpc) is 2.84. The van der Waals surface area contributed by atoms with Crippen molar-refractivity contribution in [2.45, 2.75) is 12.8 Å². The summed E-state index contributed by atoms with van der Waals surface area (Å²) in [6.45, 7) is 0. The molecule has 2 aromatic rings. The van der Waals surface area contributed by atoms with Gasteiger partial charge in [0.25, 0.3) is 0 Å². The highest BCUT2D eigenvalue weighted by Gasteiger charge is 2.11. The van der Waals surface area contributed by atoms with Crippen LogP contribution >= 0.6 is 0 Å². The highest BCUT2D eigenvalue weighted by atomic mass is 16.1. The quantitative estimate of drug-likeness (QED) is 0.718. The van der Waals surface area contributed by atoms with Crippen LogP contribution in [0.25, 0.3) is 0 Å². The van der Waals surface area contributed by atoms with Crippen molar-refractivity contribution in [2.24, 2.45) is 14.1 Å². The molecule has 2 heterocycles. The number of hydrogen-bond donors (Lipinski definition) is 0. The minimum atomic E-state index is 0.0661. The number of ketones is 1. The van der Waals surface area contributed by atoms with E-state index in [2.05, 4.69) is 10.1 Å². The van der Waals surface area contributed by atoms with Crippen molar-refractivity contribution in [2.75, 3.05) is 0 Å². The minimum Gasteiger partial charge on any atom is -0.332 e. The number of aromatic nitrogens is 4. The molecule has 0 unspecified atom stereocenters. The van der Waals surface area contributed by atoms with Crippen LogP contribution in [0.15, 0.2) is 24.8 Å². The lowest BCUT2D eigenvalue weighted by molar-refractivity contribution is 0.0970. The van der Waals surface area contributed by atoms with E-state index in [1.807, 2.05) is 20.3 Å². The Morgan fingerprint density at radius 2 is 2.25 bits per heavy atom. The molecule has 0 aliphatic carbocycles. The number of carbonyl (C=O) groups is 1. The molecule has 0 aromatic carbocycles. The van der Waals surface area contributed by atoms with Crippen LogP contribution in [0.1, 0.15) is 22.6 Å². The van der Waals surface area contributed by atoms with Gasteiger partial charge in [0.15, 0.2) is 11.6 Å². The molecule has 0 saturated heterocycles. The first-order valence-electron chi connectivity index (χ1n) is 5.15. The number of hydrogen-bond acceptors (Lipinski definition) is 3. The van der Waals surface area contributed by atoms with Gasteiger partial charge in [-0.2, -0.15) is 5.10 Å². The molecule has 0 aliphatic rings. The van der Waals surface area contributed by atoms with Crippen molar-refractivity contribution in [3.63, 3.8) is 0 Å². The Kier molecular flexibility index (Phi) is 2.85. The molecule has 0 fully saturated rings. The third-order valence-electron chi connectivity index (χ3n) is 2.47. The zero-order chi connectivity index (χ0) is 11.5. The fourth-order valence-electron chi connectivity index (χ4n) is 1.60. The lowest BCUT2D eigenvalue weighted by atomic mass is 10.1. The maximum Gasteiger partial charge on any atom is 0.198 e. The van der Waals surface area contributed by atoms with Crippen molar-refractivity contribution < 1.29 is 4.79 Å². The molecule has 0 aliphatic heterocycles. The number of Topliss-reactive ketones (excluding diaryl/α,β-unsaturated/α-hetero) is 1. The van der Waals surface area contributed by atoms with E-state index in [0.717, 1.165) is 5.56 Å². The van der Waals surface area contributed by atoms with Gasteiger partial charge in [-0.25, -0.2) is 4.98 Å². The molecular weight excluding hydrogens is 204 g/mol. The van der Waals surface area contributed by atoms with Gasteiger partial charge in [-0.05, 0) is 12.0 Å².